The minimum Gasteiger partial charge on any atom is -0.507 e. The van der Waals surface area contributed by atoms with Gasteiger partial charge in [-0.25, -0.2) is 4.98 Å². The van der Waals surface area contributed by atoms with E-state index in [0.29, 0.717) is 16.0 Å². The summed E-state index contributed by atoms with van der Waals surface area (Å²) in [5, 5.41) is 23.0. The van der Waals surface area contributed by atoms with Crippen molar-refractivity contribution in [2.24, 2.45) is 0 Å². The number of rotatable bonds is 6. The molecule has 1 unspecified atom stereocenters. The Morgan fingerprint density at radius 3 is 2.57 bits per heavy atom. The van der Waals surface area contributed by atoms with Crippen LogP contribution in [-0.2, 0) is 9.59 Å². The Hall–Kier alpha value is -4.77. The van der Waals surface area contributed by atoms with Gasteiger partial charge in [0, 0.05) is 12.1 Å². The Morgan fingerprint density at radius 2 is 1.84 bits per heavy atom. The Balaban J connectivity index is 1.76. The highest BCUT2D eigenvalue weighted by atomic mass is 32.1. The number of hydrogen-bond acceptors (Lipinski definition) is 9. The van der Waals surface area contributed by atoms with Gasteiger partial charge in [0.05, 0.1) is 46.5 Å². The molecule has 2 heterocycles. The Kier molecular flexibility index (Phi) is 6.06. The van der Waals surface area contributed by atoms with Crippen LogP contribution in [0.1, 0.15) is 17.2 Å². The zero-order chi connectivity index (χ0) is 26.3. The second-order valence-corrected chi connectivity index (χ2v) is 9.06. The number of nitro groups is 1. The normalized spacial score (nSPS) is 16.8. The van der Waals surface area contributed by atoms with E-state index in [9.17, 15) is 24.8 Å². The molecule has 37 heavy (non-hydrogen) atoms. The average molecular weight is 518 g/mol. The summed E-state index contributed by atoms with van der Waals surface area (Å²) >= 11 is 1.15. The zero-order valence-corrected chi connectivity index (χ0v) is 20.4. The maximum atomic E-state index is 13.4. The summed E-state index contributed by atoms with van der Waals surface area (Å²) in [6.45, 7) is 0. The van der Waals surface area contributed by atoms with Crippen LogP contribution in [0.15, 0.2) is 72.3 Å². The van der Waals surface area contributed by atoms with Crippen LogP contribution < -0.4 is 14.4 Å². The molecule has 11 heteroatoms. The maximum absolute atomic E-state index is 13.4. The van der Waals surface area contributed by atoms with Crippen molar-refractivity contribution in [2.45, 2.75) is 6.04 Å². The molecular formula is C26H19N3O7S. The van der Waals surface area contributed by atoms with Gasteiger partial charge in [0.25, 0.3) is 11.5 Å². The number of hydrogen-bond donors (Lipinski definition) is 1. The van der Waals surface area contributed by atoms with Crippen molar-refractivity contribution in [3.8, 4) is 11.5 Å². The third-order valence-corrected chi connectivity index (χ3v) is 7.01. The van der Waals surface area contributed by atoms with Crippen LogP contribution in [0.5, 0.6) is 11.5 Å². The number of Topliss-reactive ketones (excluding diaryl/α,β-unsaturated/α-hetero) is 1. The molecular weight excluding hydrogens is 498 g/mol. The summed E-state index contributed by atoms with van der Waals surface area (Å²) in [5.74, 6) is -1.44. The number of amides is 1. The smallest absolute Gasteiger partial charge is 0.301 e. The lowest BCUT2D eigenvalue weighted by Crippen LogP contribution is -2.29. The molecule has 1 aliphatic rings. The molecule has 186 valence electrons. The Morgan fingerprint density at radius 1 is 1.05 bits per heavy atom. The molecule has 0 aliphatic carbocycles. The van der Waals surface area contributed by atoms with E-state index >= 15 is 0 Å². The number of nitrogens with zero attached hydrogens (tertiary/aromatic N) is 3. The molecule has 1 aliphatic heterocycles. The number of aromatic nitrogens is 1. The fourth-order valence-electron chi connectivity index (χ4n) is 4.26. The van der Waals surface area contributed by atoms with Gasteiger partial charge in [0.15, 0.2) is 5.13 Å². The van der Waals surface area contributed by atoms with Gasteiger partial charge in [-0.05, 0) is 35.9 Å². The number of non-ortho nitro benzene ring substituents is 1. The Labute approximate surface area is 214 Å². The first-order valence-electron chi connectivity index (χ1n) is 11.0. The highest BCUT2D eigenvalue weighted by Crippen LogP contribution is 2.45. The predicted molar refractivity (Wildman–Crippen MR) is 137 cm³/mol. The summed E-state index contributed by atoms with van der Waals surface area (Å²) in [5.41, 5.74) is 0.584. The molecule has 4 aromatic rings. The van der Waals surface area contributed by atoms with Crippen LogP contribution >= 0.6 is 11.3 Å². The highest BCUT2D eigenvalue weighted by Gasteiger charge is 2.48. The van der Waals surface area contributed by atoms with Gasteiger partial charge in [-0.15, -0.1) is 0 Å². The number of benzene rings is 3. The molecule has 3 aromatic carbocycles. The van der Waals surface area contributed by atoms with Crippen LogP contribution in [0.4, 0.5) is 10.8 Å². The van der Waals surface area contributed by atoms with Crippen LogP contribution in [0.25, 0.3) is 16.0 Å². The third-order valence-electron chi connectivity index (χ3n) is 5.99. The molecule has 1 aromatic heterocycles. The van der Waals surface area contributed by atoms with E-state index < -0.39 is 28.4 Å². The number of aliphatic hydroxyl groups excluding tert-OH is 1. The summed E-state index contributed by atoms with van der Waals surface area (Å²) < 4.78 is 11.3. The van der Waals surface area contributed by atoms with Crippen molar-refractivity contribution in [3.63, 3.8) is 0 Å². The molecule has 1 amide bonds. The van der Waals surface area contributed by atoms with Gasteiger partial charge in [0.2, 0.25) is 0 Å². The standard InChI is InChI=1S/C26H19N3O7S/c1-35-16-10-11-18-20(13-16)37-26(27-18)28-22(14-6-5-7-15(12-14)29(33)34)21(24(31)25(28)32)23(30)17-8-3-4-9-19(17)36-2/h3-13,22,30H,1-2H3. The topological polar surface area (TPSA) is 132 Å². The van der Waals surface area contributed by atoms with Gasteiger partial charge >= 0.3 is 5.91 Å². The SMILES string of the molecule is COc1ccc2nc(N3C(=O)C(=O)C(=C(O)c4ccccc4OC)C3c3cccc([N+](=O)[O-])c3)sc2c1. The predicted octanol–water partition coefficient (Wildman–Crippen LogP) is 4.85. The zero-order valence-electron chi connectivity index (χ0n) is 19.6. The van der Waals surface area contributed by atoms with Crippen LogP contribution in [0.3, 0.4) is 0 Å². The minimum atomic E-state index is -1.17. The Bertz CT molecular complexity index is 1610. The van der Waals surface area contributed by atoms with Gasteiger partial charge in [0.1, 0.15) is 17.3 Å². The molecule has 1 saturated heterocycles. The molecule has 10 nitrogen and oxygen atoms in total. The first-order valence-corrected chi connectivity index (χ1v) is 11.8. The lowest BCUT2D eigenvalue weighted by molar-refractivity contribution is -0.384. The minimum absolute atomic E-state index is 0.195. The molecule has 1 atom stereocenters. The number of aliphatic hydroxyl groups is 1. The number of carbonyl (C=O) groups excluding carboxylic acids is 2. The molecule has 1 N–H and O–H groups in total. The summed E-state index contributed by atoms with van der Waals surface area (Å²) in [4.78, 5) is 43.5. The van der Waals surface area contributed by atoms with Gasteiger partial charge in [-0.3, -0.25) is 24.6 Å². The van der Waals surface area contributed by atoms with Crippen LogP contribution in [0.2, 0.25) is 0 Å². The highest BCUT2D eigenvalue weighted by molar-refractivity contribution is 7.22. The summed E-state index contributed by atoms with van der Waals surface area (Å²) in [6, 6.07) is 16.1. The molecule has 0 saturated carbocycles. The number of thiazole rings is 1. The number of para-hydroxylation sites is 1. The number of carbonyl (C=O) groups is 2. The van der Waals surface area contributed by atoms with E-state index in [2.05, 4.69) is 4.98 Å². The van der Waals surface area contributed by atoms with Gasteiger partial charge in [-0.1, -0.05) is 35.6 Å². The largest absolute Gasteiger partial charge is 0.507 e. The monoisotopic (exact) mass is 517 g/mol. The quantitative estimate of drug-likeness (QED) is 0.126. The molecule has 0 spiro atoms. The van der Waals surface area contributed by atoms with Crippen LogP contribution in [0, 0.1) is 10.1 Å². The summed E-state index contributed by atoms with van der Waals surface area (Å²) in [7, 11) is 2.94. The summed E-state index contributed by atoms with van der Waals surface area (Å²) in [6.07, 6.45) is 0. The number of fused-ring (bicyclic) bond motifs is 1. The lowest BCUT2D eigenvalue weighted by Gasteiger charge is -2.23. The van der Waals surface area contributed by atoms with Crippen molar-refractivity contribution in [1.29, 1.82) is 0 Å². The van der Waals surface area contributed by atoms with E-state index in [1.165, 1.54) is 37.3 Å². The lowest BCUT2D eigenvalue weighted by atomic mass is 9.95. The average Bonchev–Trinajstić information content (AvgIpc) is 3.45. The number of nitro benzene ring substituents is 1. The van der Waals surface area contributed by atoms with E-state index in [4.69, 9.17) is 9.47 Å². The number of ketones is 1. The third kappa shape index (κ3) is 4.04. The van der Waals surface area contributed by atoms with Gasteiger partial charge in [-0.2, -0.15) is 0 Å². The van der Waals surface area contributed by atoms with Crippen molar-refractivity contribution in [1.82, 2.24) is 4.98 Å². The second kappa shape index (κ2) is 9.36. The van der Waals surface area contributed by atoms with Crippen molar-refractivity contribution >= 4 is 49.8 Å². The maximum Gasteiger partial charge on any atom is 0.301 e. The number of anilines is 1. The molecule has 1 fully saturated rings. The molecule has 5 rings (SSSR count). The van der Waals surface area contributed by atoms with E-state index in [0.717, 1.165) is 11.3 Å². The van der Waals surface area contributed by atoms with Gasteiger partial charge < -0.3 is 14.6 Å². The van der Waals surface area contributed by atoms with E-state index in [-0.39, 0.29) is 33.3 Å². The van der Waals surface area contributed by atoms with E-state index in [1.54, 1.807) is 48.5 Å². The number of methoxy groups -OCH3 is 2. The second-order valence-electron chi connectivity index (χ2n) is 8.05. The van der Waals surface area contributed by atoms with E-state index in [1.807, 2.05) is 0 Å². The molecule has 0 radical (unpaired) electrons. The van der Waals surface area contributed by atoms with Crippen LogP contribution in [-0.4, -0.2) is 40.9 Å². The van der Waals surface area contributed by atoms with Crippen molar-refractivity contribution < 1.29 is 29.1 Å². The fraction of sp³-hybridized carbons (Fsp3) is 0.115. The molecule has 0 bridgehead atoms. The number of ether oxygens (including phenoxy) is 2. The first-order chi connectivity index (χ1) is 17.8. The first kappa shape index (κ1) is 23.9. The van der Waals surface area contributed by atoms with Crippen molar-refractivity contribution in [2.75, 3.05) is 19.1 Å². The fourth-order valence-corrected chi connectivity index (χ4v) is 5.28. The van der Waals surface area contributed by atoms with Crippen molar-refractivity contribution in [3.05, 3.63) is 93.5 Å².